The van der Waals surface area contributed by atoms with E-state index in [4.69, 9.17) is 0 Å². The highest BCUT2D eigenvalue weighted by Gasteiger charge is 2.27. The third-order valence-corrected chi connectivity index (χ3v) is 7.78. The Morgan fingerprint density at radius 3 is 2.17 bits per heavy atom. The van der Waals surface area contributed by atoms with E-state index in [9.17, 15) is 13.2 Å². The number of carbonyl (C=O) groups is 1. The molecule has 0 aliphatic heterocycles. The summed E-state index contributed by atoms with van der Waals surface area (Å²) in [5, 5.41) is 3.08. The second kappa shape index (κ2) is 11.1. The Bertz CT molecular complexity index is 909. The summed E-state index contributed by atoms with van der Waals surface area (Å²) in [6.45, 7) is -0.0492. The number of nitrogens with one attached hydrogen (secondary N) is 1. The molecule has 0 saturated heterocycles. The molecule has 162 valence electrons. The average Bonchev–Trinajstić information content (AvgIpc) is 2.71. The van der Waals surface area contributed by atoms with Crippen molar-refractivity contribution in [1.82, 2.24) is 9.62 Å². The molecule has 1 aliphatic rings. The van der Waals surface area contributed by atoms with Gasteiger partial charge in [0.15, 0.2) is 0 Å². The Morgan fingerprint density at radius 1 is 0.933 bits per heavy atom. The number of amides is 1. The van der Waals surface area contributed by atoms with Gasteiger partial charge in [0.1, 0.15) is 0 Å². The summed E-state index contributed by atoms with van der Waals surface area (Å²) < 4.78 is 28.7. The highest BCUT2D eigenvalue weighted by molar-refractivity contribution is 9.10. The number of carbonyl (C=O) groups excluding carboxylic acids is 1. The molecule has 0 heterocycles. The smallest absolute Gasteiger partial charge is 0.243 e. The molecule has 0 atom stereocenters. The number of nitrogens with zero attached hydrogens (tertiary/aromatic N) is 1. The lowest BCUT2D eigenvalue weighted by Crippen LogP contribution is -2.44. The van der Waals surface area contributed by atoms with Gasteiger partial charge in [0.05, 0.1) is 11.4 Å². The Balaban J connectivity index is 1.76. The van der Waals surface area contributed by atoms with Gasteiger partial charge in [-0.25, -0.2) is 8.42 Å². The number of sulfonamides is 1. The van der Waals surface area contributed by atoms with Gasteiger partial charge in [0, 0.05) is 17.1 Å². The maximum Gasteiger partial charge on any atom is 0.243 e. The van der Waals surface area contributed by atoms with Crippen molar-refractivity contribution >= 4 is 31.9 Å². The average molecular weight is 493 g/mol. The molecule has 1 amide bonds. The molecule has 1 fully saturated rings. The first-order chi connectivity index (χ1) is 14.4. The molecule has 0 radical (unpaired) electrons. The molecule has 0 spiro atoms. The SMILES string of the molecule is O=C(CN(Cc1ccc(Br)cc1)S(=O)(=O)c1ccccc1)NC1CCCCCCC1. The van der Waals surface area contributed by atoms with Gasteiger partial charge in [-0.05, 0) is 42.7 Å². The lowest BCUT2D eigenvalue weighted by molar-refractivity contribution is -0.122. The highest BCUT2D eigenvalue weighted by Crippen LogP contribution is 2.20. The normalized spacial score (nSPS) is 16.1. The topological polar surface area (TPSA) is 66.5 Å². The molecule has 2 aromatic carbocycles. The van der Waals surface area contributed by atoms with Gasteiger partial charge < -0.3 is 5.32 Å². The molecule has 1 saturated carbocycles. The lowest BCUT2D eigenvalue weighted by atomic mass is 9.97. The van der Waals surface area contributed by atoms with E-state index in [-0.39, 0.29) is 29.9 Å². The molecule has 0 aromatic heterocycles. The summed E-state index contributed by atoms with van der Waals surface area (Å²) in [5.41, 5.74) is 0.830. The standard InChI is InChI=1S/C23H29BrN2O3S/c24-20-15-13-19(14-16-20)17-26(30(28,29)22-11-7-4-8-12-22)18-23(27)25-21-9-5-2-1-3-6-10-21/h4,7-8,11-16,21H,1-3,5-6,9-10,17-18H2,(H,25,27). The van der Waals surface area contributed by atoms with Gasteiger partial charge in [0.25, 0.3) is 0 Å². The number of hydrogen-bond donors (Lipinski definition) is 1. The quantitative estimate of drug-likeness (QED) is 0.599. The summed E-state index contributed by atoms with van der Waals surface area (Å²) >= 11 is 3.40. The van der Waals surface area contributed by atoms with Crippen LogP contribution in [0.4, 0.5) is 0 Å². The summed E-state index contributed by atoms with van der Waals surface area (Å²) in [6, 6.07) is 15.9. The van der Waals surface area contributed by atoms with Crippen molar-refractivity contribution in [2.75, 3.05) is 6.54 Å². The van der Waals surface area contributed by atoms with E-state index < -0.39 is 10.0 Å². The zero-order valence-corrected chi connectivity index (χ0v) is 19.5. The van der Waals surface area contributed by atoms with Crippen LogP contribution < -0.4 is 5.32 Å². The summed E-state index contributed by atoms with van der Waals surface area (Å²) in [7, 11) is -3.80. The van der Waals surface area contributed by atoms with E-state index in [2.05, 4.69) is 21.2 Å². The maximum absolute atomic E-state index is 13.3. The van der Waals surface area contributed by atoms with E-state index in [1.165, 1.54) is 23.6 Å². The Hall–Kier alpha value is -1.70. The summed E-state index contributed by atoms with van der Waals surface area (Å²) in [4.78, 5) is 13.0. The zero-order valence-electron chi connectivity index (χ0n) is 17.1. The van der Waals surface area contributed by atoms with E-state index in [1.54, 1.807) is 30.3 Å². The third kappa shape index (κ3) is 6.65. The van der Waals surface area contributed by atoms with Gasteiger partial charge >= 0.3 is 0 Å². The number of rotatable bonds is 7. The van der Waals surface area contributed by atoms with Gasteiger partial charge in [-0.1, -0.05) is 78.4 Å². The van der Waals surface area contributed by atoms with Gasteiger partial charge in [-0.3, -0.25) is 4.79 Å². The van der Waals surface area contributed by atoms with Crippen LogP contribution in [-0.4, -0.2) is 31.2 Å². The van der Waals surface area contributed by atoms with Crippen LogP contribution >= 0.6 is 15.9 Å². The first-order valence-corrected chi connectivity index (χ1v) is 12.8. The Labute approximate surface area is 188 Å². The molecule has 2 aromatic rings. The molecule has 7 heteroatoms. The molecule has 0 bridgehead atoms. The molecular formula is C23H29BrN2O3S. The van der Waals surface area contributed by atoms with Crippen molar-refractivity contribution in [3.63, 3.8) is 0 Å². The van der Waals surface area contributed by atoms with Crippen LogP contribution in [0.15, 0.2) is 64.0 Å². The van der Waals surface area contributed by atoms with Crippen LogP contribution in [0.25, 0.3) is 0 Å². The predicted molar refractivity (Wildman–Crippen MR) is 122 cm³/mol. The van der Waals surface area contributed by atoms with Crippen LogP contribution in [0.1, 0.15) is 50.5 Å². The van der Waals surface area contributed by atoms with Crippen molar-refractivity contribution in [1.29, 1.82) is 0 Å². The van der Waals surface area contributed by atoms with Crippen LogP contribution in [-0.2, 0) is 21.4 Å². The highest BCUT2D eigenvalue weighted by atomic mass is 79.9. The van der Waals surface area contributed by atoms with E-state index in [0.29, 0.717) is 0 Å². The van der Waals surface area contributed by atoms with Crippen molar-refractivity contribution < 1.29 is 13.2 Å². The minimum Gasteiger partial charge on any atom is -0.352 e. The molecule has 1 aliphatic carbocycles. The first-order valence-electron chi connectivity index (χ1n) is 10.5. The summed E-state index contributed by atoms with van der Waals surface area (Å²) in [6.07, 6.45) is 7.80. The molecule has 3 rings (SSSR count). The van der Waals surface area contributed by atoms with Gasteiger partial charge in [-0.2, -0.15) is 4.31 Å². The van der Waals surface area contributed by atoms with Crippen LogP contribution in [0.5, 0.6) is 0 Å². The molecule has 30 heavy (non-hydrogen) atoms. The largest absolute Gasteiger partial charge is 0.352 e. The number of hydrogen-bond acceptors (Lipinski definition) is 3. The zero-order chi connectivity index (χ0) is 21.4. The van der Waals surface area contributed by atoms with Crippen LogP contribution in [0.3, 0.4) is 0 Å². The van der Waals surface area contributed by atoms with Gasteiger partial charge in [0.2, 0.25) is 15.9 Å². The van der Waals surface area contributed by atoms with Crippen molar-refractivity contribution in [3.05, 3.63) is 64.6 Å². The van der Waals surface area contributed by atoms with E-state index in [0.717, 1.165) is 35.7 Å². The maximum atomic E-state index is 13.3. The summed E-state index contributed by atoms with van der Waals surface area (Å²) in [5.74, 6) is -0.239. The van der Waals surface area contributed by atoms with E-state index >= 15 is 0 Å². The Kier molecular flexibility index (Phi) is 8.48. The fourth-order valence-electron chi connectivity index (χ4n) is 3.79. The second-order valence-electron chi connectivity index (χ2n) is 7.82. The minimum atomic E-state index is -3.80. The van der Waals surface area contributed by atoms with Crippen LogP contribution in [0.2, 0.25) is 0 Å². The molecular weight excluding hydrogens is 464 g/mol. The number of benzene rings is 2. The predicted octanol–water partition coefficient (Wildman–Crippen LogP) is 4.87. The fraction of sp³-hybridized carbons (Fsp3) is 0.435. The van der Waals surface area contributed by atoms with Crippen molar-refractivity contribution in [2.24, 2.45) is 0 Å². The Morgan fingerprint density at radius 2 is 1.53 bits per heavy atom. The van der Waals surface area contributed by atoms with Crippen molar-refractivity contribution in [3.8, 4) is 0 Å². The minimum absolute atomic E-state index is 0.131. The van der Waals surface area contributed by atoms with Gasteiger partial charge in [-0.15, -0.1) is 0 Å². The van der Waals surface area contributed by atoms with E-state index in [1.807, 2.05) is 24.3 Å². The molecule has 0 unspecified atom stereocenters. The third-order valence-electron chi connectivity index (χ3n) is 5.44. The van der Waals surface area contributed by atoms with Crippen LogP contribution in [0, 0.1) is 0 Å². The fourth-order valence-corrected chi connectivity index (χ4v) is 5.46. The monoisotopic (exact) mass is 492 g/mol. The molecule has 1 N–H and O–H groups in total. The van der Waals surface area contributed by atoms with Crippen molar-refractivity contribution in [2.45, 2.75) is 62.4 Å². The molecule has 5 nitrogen and oxygen atoms in total. The number of halogens is 1. The lowest BCUT2D eigenvalue weighted by Gasteiger charge is -2.25. The first kappa shape index (κ1) is 23.0. The second-order valence-corrected chi connectivity index (χ2v) is 10.7.